The monoisotopic (exact) mass is 316 g/mol. The van der Waals surface area contributed by atoms with Crippen LogP contribution in [0.25, 0.3) is 0 Å². The van der Waals surface area contributed by atoms with Crippen molar-refractivity contribution in [3.05, 3.63) is 27.7 Å². The molecule has 3 nitrogen and oxygen atoms in total. The average Bonchev–Trinajstić information content (AvgIpc) is 2.47. The van der Waals surface area contributed by atoms with Gasteiger partial charge in [0.1, 0.15) is 11.9 Å². The Hall–Kier alpha value is -0.480. The van der Waals surface area contributed by atoms with Gasteiger partial charge in [0.05, 0.1) is 5.02 Å². The first kappa shape index (κ1) is 15.9. The number of halogens is 2. The van der Waals surface area contributed by atoms with E-state index in [1.165, 1.54) is 0 Å². The number of piperidine rings is 1. The highest BCUT2D eigenvalue weighted by atomic mass is 35.5. The molecule has 0 atom stereocenters. The predicted molar refractivity (Wildman–Crippen MR) is 85.0 cm³/mol. The number of ether oxygens (including phenoxy) is 1. The van der Waals surface area contributed by atoms with Gasteiger partial charge < -0.3 is 15.4 Å². The summed E-state index contributed by atoms with van der Waals surface area (Å²) in [5, 5.41) is 1.31. The maximum atomic E-state index is 6.28. The molecule has 20 heavy (non-hydrogen) atoms. The molecular weight excluding hydrogens is 295 g/mol. The predicted octanol–water partition coefficient (Wildman–Crippen LogP) is 3.49. The molecule has 0 radical (unpaired) electrons. The molecule has 1 saturated heterocycles. The zero-order valence-electron chi connectivity index (χ0n) is 11.9. The van der Waals surface area contributed by atoms with Crippen LogP contribution in [0, 0.1) is 6.92 Å². The maximum absolute atomic E-state index is 6.28. The number of hydrogen-bond donors (Lipinski definition) is 1. The molecule has 112 valence electrons. The topological polar surface area (TPSA) is 38.5 Å². The molecule has 0 aromatic heterocycles. The van der Waals surface area contributed by atoms with E-state index in [2.05, 4.69) is 4.90 Å². The third-order valence-electron chi connectivity index (χ3n) is 3.79. The van der Waals surface area contributed by atoms with E-state index in [4.69, 9.17) is 33.7 Å². The van der Waals surface area contributed by atoms with E-state index < -0.39 is 0 Å². The van der Waals surface area contributed by atoms with Crippen LogP contribution in [-0.2, 0) is 0 Å². The van der Waals surface area contributed by atoms with Crippen LogP contribution in [0.4, 0.5) is 0 Å². The zero-order chi connectivity index (χ0) is 14.5. The lowest BCUT2D eigenvalue weighted by molar-refractivity contribution is 0.100. The molecule has 1 fully saturated rings. The number of benzene rings is 1. The largest absolute Gasteiger partial charge is 0.489 e. The molecule has 2 rings (SSSR count). The molecule has 0 aliphatic carbocycles. The lowest BCUT2D eigenvalue weighted by atomic mass is 10.1. The Morgan fingerprint density at radius 3 is 2.65 bits per heavy atom. The summed E-state index contributed by atoms with van der Waals surface area (Å²) in [6.07, 6.45) is 3.36. The van der Waals surface area contributed by atoms with E-state index in [0.29, 0.717) is 10.0 Å². The van der Waals surface area contributed by atoms with Gasteiger partial charge in [-0.1, -0.05) is 23.2 Å². The minimum Gasteiger partial charge on any atom is -0.489 e. The highest BCUT2D eigenvalue weighted by Gasteiger charge is 2.21. The van der Waals surface area contributed by atoms with Crippen molar-refractivity contribution >= 4 is 23.2 Å². The summed E-state index contributed by atoms with van der Waals surface area (Å²) >= 11 is 12.3. The number of nitrogens with two attached hydrogens (primary N) is 1. The smallest absolute Gasteiger partial charge is 0.138 e. The number of rotatable bonds is 5. The fourth-order valence-electron chi connectivity index (χ4n) is 2.47. The molecule has 0 unspecified atom stereocenters. The van der Waals surface area contributed by atoms with Crippen molar-refractivity contribution in [1.82, 2.24) is 4.90 Å². The van der Waals surface area contributed by atoms with Crippen LogP contribution in [-0.4, -0.2) is 37.2 Å². The van der Waals surface area contributed by atoms with Crippen molar-refractivity contribution in [2.24, 2.45) is 5.73 Å². The van der Waals surface area contributed by atoms with Gasteiger partial charge in [0.25, 0.3) is 0 Å². The van der Waals surface area contributed by atoms with E-state index in [-0.39, 0.29) is 6.10 Å². The standard InChI is InChI=1S/C15H22Cl2N2O/c1-11-13(16)3-4-14(15(11)17)20-12-5-9-19(10-6-12)8-2-7-18/h3-4,12H,2,5-10,18H2,1H3. The summed E-state index contributed by atoms with van der Waals surface area (Å²) in [6, 6.07) is 3.70. The number of hydrogen-bond acceptors (Lipinski definition) is 3. The van der Waals surface area contributed by atoms with Gasteiger partial charge in [-0.25, -0.2) is 0 Å². The van der Waals surface area contributed by atoms with Crippen LogP contribution in [0.15, 0.2) is 12.1 Å². The van der Waals surface area contributed by atoms with Crippen molar-refractivity contribution in [3.63, 3.8) is 0 Å². The van der Waals surface area contributed by atoms with Crippen LogP contribution in [0.1, 0.15) is 24.8 Å². The van der Waals surface area contributed by atoms with Crippen LogP contribution in [0.3, 0.4) is 0 Å². The van der Waals surface area contributed by atoms with E-state index in [0.717, 1.165) is 56.8 Å². The molecule has 1 heterocycles. The van der Waals surface area contributed by atoms with E-state index in [1.54, 1.807) is 0 Å². The van der Waals surface area contributed by atoms with Gasteiger partial charge >= 0.3 is 0 Å². The third-order valence-corrected chi connectivity index (χ3v) is 4.67. The Labute approximate surface area is 131 Å². The fraction of sp³-hybridized carbons (Fsp3) is 0.600. The van der Waals surface area contributed by atoms with Crippen LogP contribution in [0.2, 0.25) is 10.0 Å². The SMILES string of the molecule is Cc1c(Cl)ccc(OC2CCN(CCCN)CC2)c1Cl. The average molecular weight is 317 g/mol. The maximum Gasteiger partial charge on any atom is 0.138 e. The first-order chi connectivity index (χ1) is 9.61. The zero-order valence-corrected chi connectivity index (χ0v) is 13.4. The van der Waals surface area contributed by atoms with Gasteiger partial charge in [-0.05, 0) is 57.0 Å². The lowest BCUT2D eigenvalue weighted by Gasteiger charge is -2.32. The van der Waals surface area contributed by atoms with Crippen molar-refractivity contribution < 1.29 is 4.74 Å². The summed E-state index contributed by atoms with van der Waals surface area (Å²) in [5.41, 5.74) is 6.42. The van der Waals surface area contributed by atoms with Gasteiger partial charge in [0.2, 0.25) is 0 Å². The summed E-state index contributed by atoms with van der Waals surface area (Å²) in [4.78, 5) is 2.45. The van der Waals surface area contributed by atoms with Crippen LogP contribution >= 0.6 is 23.2 Å². The summed E-state index contributed by atoms with van der Waals surface area (Å²) in [6.45, 7) is 5.89. The molecule has 0 saturated carbocycles. The molecular formula is C15H22Cl2N2O. The highest BCUT2D eigenvalue weighted by molar-refractivity contribution is 6.36. The summed E-state index contributed by atoms with van der Waals surface area (Å²) < 4.78 is 6.03. The third kappa shape index (κ3) is 4.01. The van der Waals surface area contributed by atoms with Gasteiger partial charge in [0, 0.05) is 18.1 Å². The number of likely N-dealkylation sites (tertiary alicyclic amines) is 1. The second-order valence-corrected chi connectivity index (χ2v) is 6.07. The molecule has 0 spiro atoms. The first-order valence-corrected chi connectivity index (χ1v) is 7.91. The minimum absolute atomic E-state index is 0.238. The Morgan fingerprint density at radius 2 is 2.00 bits per heavy atom. The molecule has 1 aromatic carbocycles. The minimum atomic E-state index is 0.238. The Morgan fingerprint density at radius 1 is 1.30 bits per heavy atom. The van der Waals surface area contributed by atoms with Crippen molar-refractivity contribution in [3.8, 4) is 5.75 Å². The summed E-state index contributed by atoms with van der Waals surface area (Å²) in [7, 11) is 0. The van der Waals surface area contributed by atoms with E-state index in [9.17, 15) is 0 Å². The second kappa shape index (κ2) is 7.51. The van der Waals surface area contributed by atoms with Crippen LogP contribution < -0.4 is 10.5 Å². The van der Waals surface area contributed by atoms with Gasteiger partial charge in [-0.3, -0.25) is 0 Å². The van der Waals surface area contributed by atoms with E-state index >= 15 is 0 Å². The Bertz CT molecular complexity index is 446. The van der Waals surface area contributed by atoms with E-state index in [1.807, 2.05) is 19.1 Å². The van der Waals surface area contributed by atoms with Crippen molar-refractivity contribution in [1.29, 1.82) is 0 Å². The molecule has 5 heteroatoms. The molecule has 2 N–H and O–H groups in total. The Balaban J connectivity index is 1.88. The van der Waals surface area contributed by atoms with Gasteiger partial charge in [-0.15, -0.1) is 0 Å². The molecule has 1 aliphatic heterocycles. The highest BCUT2D eigenvalue weighted by Crippen LogP contribution is 2.34. The first-order valence-electron chi connectivity index (χ1n) is 7.15. The fourth-order valence-corrected chi connectivity index (χ4v) is 2.89. The molecule has 0 amide bonds. The number of nitrogens with zero attached hydrogens (tertiary/aromatic N) is 1. The van der Waals surface area contributed by atoms with Crippen LogP contribution in [0.5, 0.6) is 5.75 Å². The Kier molecular flexibility index (Phi) is 5.97. The molecule has 0 bridgehead atoms. The summed E-state index contributed by atoms with van der Waals surface area (Å²) in [5.74, 6) is 0.744. The van der Waals surface area contributed by atoms with Crippen molar-refractivity contribution in [2.75, 3.05) is 26.2 Å². The van der Waals surface area contributed by atoms with Crippen molar-refractivity contribution in [2.45, 2.75) is 32.3 Å². The van der Waals surface area contributed by atoms with Gasteiger partial charge in [0.15, 0.2) is 0 Å². The second-order valence-electron chi connectivity index (χ2n) is 5.29. The van der Waals surface area contributed by atoms with Gasteiger partial charge in [-0.2, -0.15) is 0 Å². The lowest BCUT2D eigenvalue weighted by Crippen LogP contribution is -2.39. The molecule has 1 aliphatic rings. The molecule has 1 aromatic rings. The normalized spacial score (nSPS) is 17.4. The quantitative estimate of drug-likeness (QED) is 0.903.